The van der Waals surface area contributed by atoms with Gasteiger partial charge in [0.1, 0.15) is 5.82 Å². The summed E-state index contributed by atoms with van der Waals surface area (Å²) in [6.45, 7) is 7.44. The lowest BCUT2D eigenvalue weighted by atomic mass is 10.0. The summed E-state index contributed by atoms with van der Waals surface area (Å²) in [5.74, 6) is -0.336. The summed E-state index contributed by atoms with van der Waals surface area (Å²) in [5, 5.41) is 3.45. The van der Waals surface area contributed by atoms with E-state index < -0.39 is 0 Å². The van der Waals surface area contributed by atoms with Gasteiger partial charge in [-0.2, -0.15) is 0 Å². The number of benzene rings is 1. The molecule has 2 rings (SSSR count). The van der Waals surface area contributed by atoms with Crippen molar-refractivity contribution in [1.82, 2.24) is 10.2 Å². The van der Waals surface area contributed by atoms with Gasteiger partial charge in [0.15, 0.2) is 0 Å². The molecule has 0 spiro atoms. The predicted octanol–water partition coefficient (Wildman–Crippen LogP) is 2.61. The molecule has 0 amide bonds. The van der Waals surface area contributed by atoms with E-state index in [0.717, 1.165) is 26.2 Å². The Morgan fingerprint density at radius 3 is 2.76 bits per heavy atom. The fraction of sp³-hybridized carbons (Fsp3) is 0.385. The Morgan fingerprint density at radius 1 is 1.41 bits per heavy atom. The predicted molar refractivity (Wildman–Crippen MR) is 68.8 cm³/mol. The third-order valence-electron chi connectivity index (χ3n) is 3.07. The van der Waals surface area contributed by atoms with Gasteiger partial charge in [-0.3, -0.25) is 4.90 Å². The van der Waals surface area contributed by atoms with Crippen molar-refractivity contribution >= 4 is 11.6 Å². The Hall–Kier alpha value is -0.900. The van der Waals surface area contributed by atoms with Gasteiger partial charge in [-0.15, -0.1) is 6.58 Å². The van der Waals surface area contributed by atoms with Gasteiger partial charge in [0.05, 0.1) is 11.1 Å². The maximum absolute atomic E-state index is 14.0. The van der Waals surface area contributed by atoms with Crippen molar-refractivity contribution in [2.24, 2.45) is 0 Å². The molecule has 0 aliphatic carbocycles. The van der Waals surface area contributed by atoms with Crippen LogP contribution in [0.25, 0.3) is 0 Å². The summed E-state index contributed by atoms with van der Waals surface area (Å²) in [7, 11) is 0. The number of hydrogen-bond donors (Lipinski definition) is 1. The molecule has 1 aromatic carbocycles. The second-order valence-electron chi connectivity index (χ2n) is 4.11. The van der Waals surface area contributed by atoms with Crippen LogP contribution in [0.4, 0.5) is 4.39 Å². The summed E-state index contributed by atoms with van der Waals surface area (Å²) in [6.07, 6.45) is 1.78. The molecule has 1 atom stereocenters. The van der Waals surface area contributed by atoms with Gasteiger partial charge in [0.2, 0.25) is 0 Å². The van der Waals surface area contributed by atoms with E-state index in [1.807, 2.05) is 0 Å². The minimum Gasteiger partial charge on any atom is -0.314 e. The first kappa shape index (κ1) is 12.6. The first-order valence-electron chi connectivity index (χ1n) is 5.75. The largest absolute Gasteiger partial charge is 0.314 e. The molecule has 1 aromatic rings. The SMILES string of the molecule is C=C[C@@H](c1cccc(Cl)c1F)N1CCNCC1. The molecule has 1 aliphatic heterocycles. The zero-order chi connectivity index (χ0) is 12.3. The van der Waals surface area contributed by atoms with Crippen molar-refractivity contribution in [3.63, 3.8) is 0 Å². The number of piperazine rings is 1. The lowest BCUT2D eigenvalue weighted by Crippen LogP contribution is -2.44. The highest BCUT2D eigenvalue weighted by Gasteiger charge is 2.22. The Morgan fingerprint density at radius 2 is 2.12 bits per heavy atom. The molecule has 1 saturated heterocycles. The molecule has 0 aromatic heterocycles. The van der Waals surface area contributed by atoms with Crippen LogP contribution in [-0.4, -0.2) is 31.1 Å². The van der Waals surface area contributed by atoms with Gasteiger partial charge >= 0.3 is 0 Å². The van der Waals surface area contributed by atoms with Gasteiger partial charge in [0.25, 0.3) is 0 Å². The second-order valence-corrected chi connectivity index (χ2v) is 4.52. The molecule has 0 radical (unpaired) electrons. The smallest absolute Gasteiger partial charge is 0.146 e. The molecule has 2 nitrogen and oxygen atoms in total. The maximum Gasteiger partial charge on any atom is 0.146 e. The van der Waals surface area contributed by atoms with Crippen LogP contribution < -0.4 is 5.32 Å². The van der Waals surface area contributed by atoms with Crippen molar-refractivity contribution in [3.8, 4) is 0 Å². The van der Waals surface area contributed by atoms with Crippen LogP contribution in [0, 0.1) is 5.82 Å². The van der Waals surface area contributed by atoms with Crippen LogP contribution in [0.5, 0.6) is 0 Å². The lowest BCUT2D eigenvalue weighted by Gasteiger charge is -2.33. The minimum absolute atomic E-state index is 0.101. The molecule has 17 heavy (non-hydrogen) atoms. The fourth-order valence-corrected chi connectivity index (χ4v) is 2.36. The first-order valence-corrected chi connectivity index (χ1v) is 6.13. The average molecular weight is 255 g/mol. The van der Waals surface area contributed by atoms with Gasteiger partial charge in [-0.1, -0.05) is 29.8 Å². The van der Waals surface area contributed by atoms with Crippen LogP contribution >= 0.6 is 11.6 Å². The highest BCUT2D eigenvalue weighted by Crippen LogP contribution is 2.28. The van der Waals surface area contributed by atoms with E-state index in [9.17, 15) is 4.39 Å². The molecule has 4 heteroatoms. The fourth-order valence-electron chi connectivity index (χ4n) is 2.18. The topological polar surface area (TPSA) is 15.3 Å². The van der Waals surface area contributed by atoms with Crippen molar-refractivity contribution in [2.45, 2.75) is 6.04 Å². The second kappa shape index (κ2) is 5.63. The van der Waals surface area contributed by atoms with Crippen LogP contribution in [0.15, 0.2) is 30.9 Å². The molecular weight excluding hydrogens is 239 g/mol. The summed E-state index contributed by atoms with van der Waals surface area (Å²) in [4.78, 5) is 2.21. The van der Waals surface area contributed by atoms with Crippen molar-refractivity contribution in [2.75, 3.05) is 26.2 Å². The number of halogens is 2. The highest BCUT2D eigenvalue weighted by molar-refractivity contribution is 6.30. The average Bonchev–Trinajstić information content (AvgIpc) is 2.37. The minimum atomic E-state index is -0.336. The van der Waals surface area contributed by atoms with Crippen LogP contribution in [0.2, 0.25) is 5.02 Å². The van der Waals surface area contributed by atoms with Crippen molar-refractivity contribution in [3.05, 3.63) is 47.3 Å². The zero-order valence-corrected chi connectivity index (χ0v) is 10.4. The summed E-state index contributed by atoms with van der Waals surface area (Å²) in [5.41, 5.74) is 0.606. The Balaban J connectivity index is 2.27. The van der Waals surface area contributed by atoms with E-state index in [1.165, 1.54) is 0 Å². The molecule has 0 saturated carbocycles. The van der Waals surface area contributed by atoms with E-state index in [0.29, 0.717) is 5.56 Å². The van der Waals surface area contributed by atoms with Gasteiger partial charge in [-0.25, -0.2) is 4.39 Å². The summed E-state index contributed by atoms with van der Waals surface area (Å²) < 4.78 is 14.0. The van der Waals surface area contributed by atoms with E-state index in [2.05, 4.69) is 16.8 Å². The first-order chi connectivity index (χ1) is 8.24. The van der Waals surface area contributed by atoms with Crippen LogP contribution in [0.1, 0.15) is 11.6 Å². The Labute approximate surface area is 106 Å². The molecule has 1 aliphatic rings. The Bertz CT molecular complexity index is 402. The van der Waals surface area contributed by atoms with Gasteiger partial charge in [-0.05, 0) is 6.07 Å². The quantitative estimate of drug-likeness (QED) is 0.835. The lowest BCUT2D eigenvalue weighted by molar-refractivity contribution is 0.200. The number of rotatable bonds is 3. The van der Waals surface area contributed by atoms with Crippen LogP contribution in [-0.2, 0) is 0 Å². The van der Waals surface area contributed by atoms with Gasteiger partial charge < -0.3 is 5.32 Å². The maximum atomic E-state index is 14.0. The van der Waals surface area contributed by atoms with E-state index in [1.54, 1.807) is 24.3 Å². The zero-order valence-electron chi connectivity index (χ0n) is 9.63. The van der Waals surface area contributed by atoms with E-state index >= 15 is 0 Å². The molecule has 92 valence electrons. The monoisotopic (exact) mass is 254 g/mol. The summed E-state index contributed by atoms with van der Waals surface area (Å²) >= 11 is 5.81. The standard InChI is InChI=1S/C13H16ClFN2/c1-2-12(17-8-6-16-7-9-17)10-4-3-5-11(14)13(10)15/h2-5,12,16H,1,6-9H2/t12-/m0/s1. The third kappa shape index (κ3) is 2.68. The molecule has 1 fully saturated rings. The third-order valence-corrected chi connectivity index (χ3v) is 3.36. The number of nitrogens with one attached hydrogen (secondary N) is 1. The molecule has 0 unspecified atom stereocenters. The molecule has 1 N–H and O–H groups in total. The van der Waals surface area contributed by atoms with Crippen molar-refractivity contribution < 1.29 is 4.39 Å². The van der Waals surface area contributed by atoms with Gasteiger partial charge in [0, 0.05) is 31.7 Å². The number of nitrogens with zero attached hydrogens (tertiary/aromatic N) is 1. The molecule has 0 bridgehead atoms. The number of hydrogen-bond acceptors (Lipinski definition) is 2. The molecule has 1 heterocycles. The molecular formula is C13H16ClFN2. The normalized spacial score (nSPS) is 18.9. The van der Waals surface area contributed by atoms with Crippen molar-refractivity contribution in [1.29, 1.82) is 0 Å². The van der Waals surface area contributed by atoms with Crippen LogP contribution in [0.3, 0.4) is 0 Å². The summed E-state index contributed by atoms with van der Waals surface area (Å²) in [6, 6.07) is 5.02. The van der Waals surface area contributed by atoms with E-state index in [-0.39, 0.29) is 16.9 Å². The Kier molecular flexibility index (Phi) is 4.15. The highest BCUT2D eigenvalue weighted by atomic mass is 35.5. The van der Waals surface area contributed by atoms with E-state index in [4.69, 9.17) is 11.6 Å².